The van der Waals surface area contributed by atoms with Crippen LogP contribution in [0, 0.1) is 5.41 Å². The van der Waals surface area contributed by atoms with Gasteiger partial charge in [-0.15, -0.1) is 0 Å². The van der Waals surface area contributed by atoms with E-state index < -0.39 is 22.2 Å². The average molecular weight is 291 g/mol. The molecule has 0 aliphatic carbocycles. The number of carboxylic acid groups (broad SMARTS) is 1. The first-order valence-corrected chi connectivity index (χ1v) is 8.33. The zero-order valence-corrected chi connectivity index (χ0v) is 13.0. The van der Waals surface area contributed by atoms with Crippen LogP contribution in [0.1, 0.15) is 46.5 Å². The van der Waals surface area contributed by atoms with Crippen molar-refractivity contribution in [2.75, 3.05) is 12.0 Å². The number of hydrogen-bond acceptors (Lipinski definition) is 3. The molecular weight excluding hydrogens is 266 g/mol. The predicted octanol–water partition coefficient (Wildman–Crippen LogP) is 1.54. The van der Waals surface area contributed by atoms with Crippen molar-refractivity contribution in [2.45, 2.75) is 52.5 Å². The SMILES string of the molecule is CCC(CC)(CC(=O)NC(C)CCS(C)=O)C(=O)O. The van der Waals surface area contributed by atoms with Crippen molar-refractivity contribution in [2.24, 2.45) is 5.41 Å². The molecule has 0 fully saturated rings. The molecule has 0 rings (SSSR count). The van der Waals surface area contributed by atoms with E-state index in [1.165, 1.54) is 0 Å². The Balaban J connectivity index is 4.43. The maximum atomic E-state index is 11.9. The number of nitrogens with one attached hydrogen (secondary N) is 1. The third-order valence-electron chi connectivity index (χ3n) is 3.55. The second-order valence-electron chi connectivity index (χ2n) is 5.00. The fourth-order valence-electron chi connectivity index (χ4n) is 1.93. The second-order valence-corrected chi connectivity index (χ2v) is 6.56. The molecule has 2 unspecified atom stereocenters. The van der Waals surface area contributed by atoms with Crippen molar-refractivity contribution in [3.05, 3.63) is 0 Å². The van der Waals surface area contributed by atoms with Gasteiger partial charge in [-0.2, -0.15) is 0 Å². The maximum absolute atomic E-state index is 11.9. The molecule has 0 aromatic heterocycles. The van der Waals surface area contributed by atoms with Crippen molar-refractivity contribution in [1.82, 2.24) is 5.32 Å². The lowest BCUT2D eigenvalue weighted by Gasteiger charge is -2.26. The van der Waals surface area contributed by atoms with Gasteiger partial charge in [0.1, 0.15) is 0 Å². The molecule has 0 aliphatic heterocycles. The summed E-state index contributed by atoms with van der Waals surface area (Å²) in [4.78, 5) is 23.2. The van der Waals surface area contributed by atoms with E-state index in [4.69, 9.17) is 0 Å². The number of aliphatic carboxylic acids is 1. The van der Waals surface area contributed by atoms with Crippen LogP contribution in [0.2, 0.25) is 0 Å². The highest BCUT2D eigenvalue weighted by molar-refractivity contribution is 7.84. The van der Waals surface area contributed by atoms with E-state index in [0.29, 0.717) is 25.0 Å². The van der Waals surface area contributed by atoms with Crippen molar-refractivity contribution in [3.63, 3.8) is 0 Å². The van der Waals surface area contributed by atoms with Crippen LogP contribution in [0.15, 0.2) is 0 Å². The van der Waals surface area contributed by atoms with Gasteiger partial charge in [0.05, 0.1) is 5.41 Å². The van der Waals surface area contributed by atoms with Crippen LogP contribution in [0.5, 0.6) is 0 Å². The van der Waals surface area contributed by atoms with E-state index in [1.54, 1.807) is 20.1 Å². The normalized spacial score (nSPS) is 14.7. The molecule has 0 saturated heterocycles. The molecule has 19 heavy (non-hydrogen) atoms. The van der Waals surface area contributed by atoms with Crippen LogP contribution < -0.4 is 5.32 Å². The minimum Gasteiger partial charge on any atom is -0.481 e. The fraction of sp³-hybridized carbons (Fsp3) is 0.846. The summed E-state index contributed by atoms with van der Waals surface area (Å²) in [6.45, 7) is 5.41. The van der Waals surface area contributed by atoms with Gasteiger partial charge in [0.2, 0.25) is 5.91 Å². The van der Waals surface area contributed by atoms with Gasteiger partial charge in [-0.1, -0.05) is 13.8 Å². The van der Waals surface area contributed by atoms with Crippen LogP contribution >= 0.6 is 0 Å². The first-order chi connectivity index (χ1) is 8.77. The molecule has 2 N–H and O–H groups in total. The highest BCUT2D eigenvalue weighted by Crippen LogP contribution is 2.30. The summed E-state index contributed by atoms with van der Waals surface area (Å²) in [6, 6.07) is -0.0865. The molecule has 6 heteroatoms. The lowest BCUT2D eigenvalue weighted by molar-refractivity contribution is -0.152. The summed E-state index contributed by atoms with van der Waals surface area (Å²) < 4.78 is 11.0. The first-order valence-electron chi connectivity index (χ1n) is 6.60. The van der Waals surface area contributed by atoms with E-state index in [-0.39, 0.29) is 18.4 Å². The Kier molecular flexibility index (Phi) is 7.90. The Labute approximate surface area is 117 Å². The number of carbonyl (C=O) groups excluding carboxylic acids is 1. The third kappa shape index (κ3) is 6.18. The zero-order chi connectivity index (χ0) is 15.1. The minimum atomic E-state index is -0.975. The number of rotatable bonds is 9. The molecule has 0 saturated carbocycles. The summed E-state index contributed by atoms with van der Waals surface area (Å²) >= 11 is 0. The molecule has 0 bridgehead atoms. The maximum Gasteiger partial charge on any atom is 0.310 e. The molecule has 0 heterocycles. The average Bonchev–Trinajstić information content (AvgIpc) is 2.33. The molecule has 5 nitrogen and oxygen atoms in total. The van der Waals surface area contributed by atoms with Gasteiger partial charge in [-0.25, -0.2) is 0 Å². The Morgan fingerprint density at radius 3 is 2.21 bits per heavy atom. The van der Waals surface area contributed by atoms with Crippen LogP contribution in [-0.4, -0.2) is 39.2 Å². The van der Waals surface area contributed by atoms with Crippen LogP contribution in [0.25, 0.3) is 0 Å². The van der Waals surface area contributed by atoms with Crippen LogP contribution in [0.3, 0.4) is 0 Å². The van der Waals surface area contributed by atoms with Gasteiger partial charge in [-0.05, 0) is 26.2 Å². The van der Waals surface area contributed by atoms with Crippen LogP contribution in [-0.2, 0) is 20.4 Å². The van der Waals surface area contributed by atoms with Crippen molar-refractivity contribution < 1.29 is 18.9 Å². The molecule has 1 amide bonds. The topological polar surface area (TPSA) is 83.5 Å². The Morgan fingerprint density at radius 2 is 1.84 bits per heavy atom. The van der Waals surface area contributed by atoms with Crippen LogP contribution in [0.4, 0.5) is 0 Å². The summed E-state index contributed by atoms with van der Waals surface area (Å²) in [5, 5.41) is 12.0. The fourth-order valence-corrected chi connectivity index (χ4v) is 2.61. The monoisotopic (exact) mass is 291 g/mol. The highest BCUT2D eigenvalue weighted by atomic mass is 32.2. The van der Waals surface area contributed by atoms with Gasteiger partial charge in [-0.3, -0.25) is 13.8 Å². The molecule has 0 aromatic rings. The molecule has 0 spiro atoms. The Bertz CT molecular complexity index is 340. The first kappa shape index (κ1) is 18.1. The lowest BCUT2D eigenvalue weighted by atomic mass is 9.79. The van der Waals surface area contributed by atoms with Gasteiger partial charge in [0.25, 0.3) is 0 Å². The number of amides is 1. The molecule has 2 atom stereocenters. The largest absolute Gasteiger partial charge is 0.481 e. The van der Waals surface area contributed by atoms with Gasteiger partial charge < -0.3 is 10.4 Å². The van der Waals surface area contributed by atoms with Crippen molar-refractivity contribution in [3.8, 4) is 0 Å². The van der Waals surface area contributed by atoms with Gasteiger partial charge in [0.15, 0.2) is 0 Å². The highest BCUT2D eigenvalue weighted by Gasteiger charge is 2.37. The van der Waals surface area contributed by atoms with E-state index in [9.17, 15) is 18.9 Å². The van der Waals surface area contributed by atoms with E-state index in [1.807, 2.05) is 6.92 Å². The lowest BCUT2D eigenvalue weighted by Crippen LogP contribution is -2.40. The van der Waals surface area contributed by atoms with Crippen molar-refractivity contribution >= 4 is 22.7 Å². The van der Waals surface area contributed by atoms with Gasteiger partial charge >= 0.3 is 5.97 Å². The summed E-state index contributed by atoms with van der Waals surface area (Å²) in [5.74, 6) is -0.636. The number of carboxylic acids is 1. The quantitative estimate of drug-likeness (QED) is 0.675. The van der Waals surface area contributed by atoms with Crippen molar-refractivity contribution in [1.29, 1.82) is 0 Å². The zero-order valence-electron chi connectivity index (χ0n) is 12.2. The molecule has 0 radical (unpaired) electrons. The third-order valence-corrected chi connectivity index (χ3v) is 4.36. The summed E-state index contributed by atoms with van der Waals surface area (Å²) in [7, 11) is -0.876. The van der Waals surface area contributed by atoms with E-state index in [2.05, 4.69) is 5.32 Å². The Hall–Kier alpha value is -0.910. The molecule has 0 aliphatic rings. The molecule has 0 aromatic carbocycles. The second kappa shape index (κ2) is 8.30. The van der Waals surface area contributed by atoms with E-state index in [0.717, 1.165) is 0 Å². The number of hydrogen-bond donors (Lipinski definition) is 2. The summed E-state index contributed by atoms with van der Waals surface area (Å²) in [6.07, 6.45) is 3.11. The molecular formula is C13H25NO4S. The minimum absolute atomic E-state index is 0.00507. The Morgan fingerprint density at radius 1 is 1.32 bits per heavy atom. The number of carbonyl (C=O) groups is 2. The predicted molar refractivity (Wildman–Crippen MR) is 76.4 cm³/mol. The van der Waals surface area contributed by atoms with Gasteiger partial charge in [0, 0.05) is 35.3 Å². The molecule has 112 valence electrons. The summed E-state index contributed by atoms with van der Waals surface area (Å²) in [5.41, 5.74) is -0.975. The standard InChI is InChI=1S/C13H25NO4S/c1-5-13(6-2,12(16)17)9-11(15)14-10(3)7-8-19(4)18/h10H,5-9H2,1-4H3,(H,14,15)(H,16,17). The van der Waals surface area contributed by atoms with E-state index >= 15 is 0 Å². The smallest absolute Gasteiger partial charge is 0.310 e.